The minimum absolute atomic E-state index is 0.0288. The standard InChI is InChI=1S/C18H20N2O4S/c1-13(2)12-24-17-6-4-3-5-16(17)18(21)20-11-14-7-9-15(10-8-14)25(19,22)23/h3-10H,1,11-12H2,2H3,(H,20,21)(H2,19,22,23). The van der Waals surface area contributed by atoms with Crippen LogP contribution in [-0.2, 0) is 16.6 Å². The van der Waals surface area contributed by atoms with Crippen molar-refractivity contribution in [1.29, 1.82) is 0 Å². The molecule has 0 aliphatic rings. The molecular formula is C18H20N2O4S. The molecule has 25 heavy (non-hydrogen) atoms. The molecule has 6 nitrogen and oxygen atoms in total. The van der Waals surface area contributed by atoms with Crippen molar-refractivity contribution < 1.29 is 17.9 Å². The summed E-state index contributed by atoms with van der Waals surface area (Å²) in [7, 11) is -3.72. The topological polar surface area (TPSA) is 98.5 Å². The summed E-state index contributed by atoms with van der Waals surface area (Å²) in [6, 6.07) is 12.9. The van der Waals surface area contributed by atoms with Gasteiger partial charge in [-0.3, -0.25) is 4.79 Å². The summed E-state index contributed by atoms with van der Waals surface area (Å²) < 4.78 is 28.0. The Balaban J connectivity index is 2.04. The summed E-state index contributed by atoms with van der Waals surface area (Å²) in [5.74, 6) is 0.195. The van der Waals surface area contributed by atoms with E-state index in [1.54, 1.807) is 36.4 Å². The Morgan fingerprint density at radius 3 is 2.40 bits per heavy atom. The first kappa shape index (κ1) is 18.7. The maximum Gasteiger partial charge on any atom is 0.255 e. The van der Waals surface area contributed by atoms with Gasteiger partial charge in [-0.15, -0.1) is 0 Å². The Morgan fingerprint density at radius 1 is 1.16 bits per heavy atom. The molecule has 1 amide bonds. The fourth-order valence-electron chi connectivity index (χ4n) is 2.06. The molecule has 0 saturated heterocycles. The first-order valence-corrected chi connectivity index (χ1v) is 9.08. The molecule has 0 aromatic heterocycles. The van der Waals surface area contributed by atoms with Gasteiger partial charge in [0.15, 0.2) is 0 Å². The predicted molar refractivity (Wildman–Crippen MR) is 95.7 cm³/mol. The van der Waals surface area contributed by atoms with Crippen LogP contribution in [0.5, 0.6) is 5.75 Å². The van der Waals surface area contributed by atoms with Crippen molar-refractivity contribution in [3.05, 3.63) is 71.8 Å². The van der Waals surface area contributed by atoms with Crippen molar-refractivity contribution in [2.45, 2.75) is 18.4 Å². The van der Waals surface area contributed by atoms with E-state index < -0.39 is 10.0 Å². The number of rotatable bonds is 7. The Bertz CT molecular complexity index is 874. The van der Waals surface area contributed by atoms with Crippen LogP contribution in [0.1, 0.15) is 22.8 Å². The fraction of sp³-hybridized carbons (Fsp3) is 0.167. The van der Waals surface area contributed by atoms with Crippen LogP contribution in [0.3, 0.4) is 0 Å². The number of nitrogens with one attached hydrogen (secondary N) is 1. The maximum absolute atomic E-state index is 12.4. The highest BCUT2D eigenvalue weighted by Crippen LogP contribution is 2.18. The largest absolute Gasteiger partial charge is 0.488 e. The number of hydrogen-bond donors (Lipinski definition) is 2. The zero-order chi connectivity index (χ0) is 18.4. The molecule has 132 valence electrons. The molecule has 7 heteroatoms. The van der Waals surface area contributed by atoms with Crippen LogP contribution in [0.2, 0.25) is 0 Å². The fourth-order valence-corrected chi connectivity index (χ4v) is 2.57. The average molecular weight is 360 g/mol. The number of primary sulfonamides is 1. The van der Waals surface area contributed by atoms with E-state index in [1.165, 1.54) is 12.1 Å². The summed E-state index contributed by atoms with van der Waals surface area (Å²) in [4.78, 5) is 12.4. The molecule has 0 radical (unpaired) electrons. The highest BCUT2D eigenvalue weighted by molar-refractivity contribution is 7.89. The van der Waals surface area contributed by atoms with Gasteiger partial charge in [-0.05, 0) is 42.3 Å². The van der Waals surface area contributed by atoms with Gasteiger partial charge in [0.2, 0.25) is 10.0 Å². The molecule has 2 rings (SSSR count). The van der Waals surface area contributed by atoms with Crippen molar-refractivity contribution in [3.8, 4) is 5.75 Å². The predicted octanol–water partition coefficient (Wildman–Crippen LogP) is 2.22. The SMILES string of the molecule is C=C(C)COc1ccccc1C(=O)NCc1ccc(S(N)(=O)=O)cc1. The van der Waals surface area contributed by atoms with E-state index in [0.717, 1.165) is 11.1 Å². The summed E-state index contributed by atoms with van der Waals surface area (Å²) >= 11 is 0. The molecule has 2 aromatic rings. The van der Waals surface area contributed by atoms with Crippen molar-refractivity contribution in [2.24, 2.45) is 5.14 Å². The number of amides is 1. The smallest absolute Gasteiger partial charge is 0.255 e. The second kappa shape index (κ2) is 7.96. The third kappa shape index (κ3) is 5.44. The number of carbonyl (C=O) groups is 1. The third-order valence-corrected chi connectivity index (χ3v) is 4.24. The van der Waals surface area contributed by atoms with Crippen molar-refractivity contribution in [2.75, 3.05) is 6.61 Å². The van der Waals surface area contributed by atoms with Crippen LogP contribution < -0.4 is 15.2 Å². The Kier molecular flexibility index (Phi) is 5.95. The molecule has 3 N–H and O–H groups in total. The van der Waals surface area contributed by atoms with Gasteiger partial charge in [0.1, 0.15) is 12.4 Å². The minimum atomic E-state index is -3.72. The first-order chi connectivity index (χ1) is 11.8. The Hall–Kier alpha value is -2.64. The number of ether oxygens (including phenoxy) is 1. The van der Waals surface area contributed by atoms with Crippen LogP contribution in [0.15, 0.2) is 65.6 Å². The molecule has 0 atom stereocenters. The number of hydrogen-bond acceptors (Lipinski definition) is 4. The second-order valence-electron chi connectivity index (χ2n) is 5.61. The van der Waals surface area contributed by atoms with Crippen LogP contribution in [0.4, 0.5) is 0 Å². The van der Waals surface area contributed by atoms with Crippen molar-refractivity contribution in [1.82, 2.24) is 5.32 Å². The molecule has 0 unspecified atom stereocenters. The van der Waals surface area contributed by atoms with Crippen LogP contribution in [-0.4, -0.2) is 20.9 Å². The van der Waals surface area contributed by atoms with Gasteiger partial charge >= 0.3 is 0 Å². The van der Waals surface area contributed by atoms with E-state index in [-0.39, 0.29) is 17.3 Å². The van der Waals surface area contributed by atoms with Gasteiger partial charge in [-0.1, -0.05) is 30.8 Å². The number of sulfonamides is 1. The molecule has 0 aliphatic heterocycles. The molecular weight excluding hydrogens is 340 g/mol. The lowest BCUT2D eigenvalue weighted by Gasteiger charge is -2.12. The lowest BCUT2D eigenvalue weighted by Crippen LogP contribution is -2.23. The van der Waals surface area contributed by atoms with Crippen LogP contribution >= 0.6 is 0 Å². The average Bonchev–Trinajstić information content (AvgIpc) is 2.57. The number of carbonyl (C=O) groups excluding carboxylic acids is 1. The first-order valence-electron chi connectivity index (χ1n) is 7.53. The van der Waals surface area contributed by atoms with E-state index in [2.05, 4.69) is 11.9 Å². The zero-order valence-electron chi connectivity index (χ0n) is 13.9. The Morgan fingerprint density at radius 2 is 1.80 bits per heavy atom. The van der Waals surface area contributed by atoms with E-state index in [4.69, 9.17) is 9.88 Å². The monoisotopic (exact) mass is 360 g/mol. The molecule has 0 spiro atoms. The third-order valence-electron chi connectivity index (χ3n) is 3.31. The minimum Gasteiger partial charge on any atom is -0.488 e. The van der Waals surface area contributed by atoms with Crippen LogP contribution in [0.25, 0.3) is 0 Å². The highest BCUT2D eigenvalue weighted by Gasteiger charge is 2.12. The van der Waals surface area contributed by atoms with E-state index in [9.17, 15) is 13.2 Å². The summed E-state index contributed by atoms with van der Waals surface area (Å²) in [6.45, 7) is 6.19. The highest BCUT2D eigenvalue weighted by atomic mass is 32.2. The number of nitrogens with two attached hydrogens (primary N) is 1. The molecule has 0 aliphatic carbocycles. The van der Waals surface area contributed by atoms with Gasteiger partial charge in [-0.2, -0.15) is 0 Å². The molecule has 0 saturated carbocycles. The van der Waals surface area contributed by atoms with Crippen LogP contribution in [0, 0.1) is 0 Å². The van der Waals surface area contributed by atoms with E-state index in [0.29, 0.717) is 17.9 Å². The van der Waals surface area contributed by atoms with Gasteiger partial charge in [-0.25, -0.2) is 13.6 Å². The van der Waals surface area contributed by atoms with Gasteiger partial charge in [0.05, 0.1) is 10.5 Å². The van der Waals surface area contributed by atoms with E-state index in [1.807, 2.05) is 6.92 Å². The maximum atomic E-state index is 12.4. The molecule has 0 bridgehead atoms. The molecule has 0 fully saturated rings. The lowest BCUT2D eigenvalue weighted by atomic mass is 10.1. The molecule has 2 aromatic carbocycles. The van der Waals surface area contributed by atoms with E-state index >= 15 is 0 Å². The summed E-state index contributed by atoms with van der Waals surface area (Å²) in [5.41, 5.74) is 2.02. The number of benzene rings is 2. The quantitative estimate of drug-likeness (QED) is 0.740. The lowest BCUT2D eigenvalue weighted by molar-refractivity contribution is 0.0947. The van der Waals surface area contributed by atoms with Crippen molar-refractivity contribution >= 4 is 15.9 Å². The molecule has 0 heterocycles. The summed E-state index contributed by atoms with van der Waals surface area (Å²) in [6.07, 6.45) is 0. The van der Waals surface area contributed by atoms with Crippen molar-refractivity contribution in [3.63, 3.8) is 0 Å². The zero-order valence-corrected chi connectivity index (χ0v) is 14.7. The van der Waals surface area contributed by atoms with Gasteiger partial charge < -0.3 is 10.1 Å². The Labute approximate surface area is 147 Å². The van der Waals surface area contributed by atoms with Gasteiger partial charge in [0, 0.05) is 6.54 Å². The summed E-state index contributed by atoms with van der Waals surface area (Å²) in [5, 5.41) is 7.83. The number of para-hydroxylation sites is 1. The normalized spacial score (nSPS) is 11.0. The van der Waals surface area contributed by atoms with Gasteiger partial charge in [0.25, 0.3) is 5.91 Å². The second-order valence-corrected chi connectivity index (χ2v) is 7.18.